The van der Waals surface area contributed by atoms with Gasteiger partial charge in [-0.1, -0.05) is 30.7 Å². The summed E-state index contributed by atoms with van der Waals surface area (Å²) >= 11 is 5.90. The van der Waals surface area contributed by atoms with E-state index in [0.29, 0.717) is 24.0 Å². The van der Waals surface area contributed by atoms with Crippen molar-refractivity contribution >= 4 is 17.6 Å². The minimum atomic E-state index is -0.0202. The minimum absolute atomic E-state index is 0.00494. The third-order valence-electron chi connectivity index (χ3n) is 4.14. The van der Waals surface area contributed by atoms with Gasteiger partial charge in [0.1, 0.15) is 0 Å². The molecule has 1 fully saturated rings. The first-order valence-electron chi connectivity index (χ1n) is 7.55. The fourth-order valence-corrected chi connectivity index (χ4v) is 2.80. The van der Waals surface area contributed by atoms with Crippen LogP contribution < -0.4 is 5.32 Å². The van der Waals surface area contributed by atoms with Crippen molar-refractivity contribution in [2.45, 2.75) is 32.2 Å². The van der Waals surface area contributed by atoms with Crippen molar-refractivity contribution in [1.29, 1.82) is 0 Å². The quantitative estimate of drug-likeness (QED) is 0.897. The number of nitrogens with one attached hydrogen (secondary N) is 1. The number of piperidine rings is 1. The average molecular weight is 311 g/mol. The molecule has 21 heavy (non-hydrogen) atoms. The molecule has 2 rings (SSSR count). The highest BCUT2D eigenvalue weighted by Gasteiger charge is 2.23. The normalized spacial score (nSPS) is 17.6. The summed E-state index contributed by atoms with van der Waals surface area (Å²) in [5.41, 5.74) is 1.07. The Balaban J connectivity index is 1.92. The molecular formula is C16H23ClN2O2. The van der Waals surface area contributed by atoms with Crippen LogP contribution in [0.4, 0.5) is 4.79 Å². The second-order valence-electron chi connectivity index (χ2n) is 5.57. The molecule has 4 nitrogen and oxygen atoms in total. The maximum Gasteiger partial charge on any atom is 0.317 e. The molecule has 0 aromatic heterocycles. The van der Waals surface area contributed by atoms with Crippen LogP contribution in [0.3, 0.4) is 0 Å². The lowest BCUT2D eigenvalue weighted by atomic mass is 9.98. The third-order valence-corrected chi connectivity index (χ3v) is 4.39. The second-order valence-corrected chi connectivity index (χ2v) is 6.01. The lowest BCUT2D eigenvalue weighted by Gasteiger charge is -2.32. The number of halogens is 1. The van der Waals surface area contributed by atoms with Gasteiger partial charge in [0.15, 0.2) is 0 Å². The first-order chi connectivity index (χ1) is 10.1. The van der Waals surface area contributed by atoms with E-state index in [0.717, 1.165) is 24.8 Å². The molecule has 2 amide bonds. The van der Waals surface area contributed by atoms with Crippen molar-refractivity contribution in [2.24, 2.45) is 5.92 Å². The molecule has 0 radical (unpaired) electrons. The Bertz CT molecular complexity index is 456. The van der Waals surface area contributed by atoms with Crippen LogP contribution in [-0.2, 0) is 0 Å². The lowest BCUT2D eigenvalue weighted by molar-refractivity contribution is 0.135. The first-order valence-corrected chi connectivity index (χ1v) is 7.93. The van der Waals surface area contributed by atoms with Gasteiger partial charge in [0.25, 0.3) is 0 Å². The SMILES string of the molecule is CCC(NC(=O)N1CCC(CO)CC1)c1ccc(Cl)cc1. The summed E-state index contributed by atoms with van der Waals surface area (Å²) in [7, 11) is 0. The van der Waals surface area contributed by atoms with E-state index < -0.39 is 0 Å². The van der Waals surface area contributed by atoms with Crippen LogP contribution >= 0.6 is 11.6 Å². The van der Waals surface area contributed by atoms with Gasteiger partial charge in [-0.25, -0.2) is 4.79 Å². The third kappa shape index (κ3) is 4.35. The summed E-state index contributed by atoms with van der Waals surface area (Å²) in [5.74, 6) is 0.340. The summed E-state index contributed by atoms with van der Waals surface area (Å²) in [5, 5.41) is 12.9. The van der Waals surface area contributed by atoms with Gasteiger partial charge in [-0.15, -0.1) is 0 Å². The van der Waals surface area contributed by atoms with Crippen molar-refractivity contribution in [3.63, 3.8) is 0 Å². The number of nitrogens with zero attached hydrogens (tertiary/aromatic N) is 1. The van der Waals surface area contributed by atoms with E-state index in [4.69, 9.17) is 16.7 Å². The number of benzene rings is 1. The number of rotatable bonds is 4. The van der Waals surface area contributed by atoms with Crippen LogP contribution in [-0.4, -0.2) is 35.7 Å². The molecule has 1 heterocycles. The Morgan fingerprint density at radius 1 is 1.38 bits per heavy atom. The van der Waals surface area contributed by atoms with E-state index in [1.807, 2.05) is 29.2 Å². The fraction of sp³-hybridized carbons (Fsp3) is 0.562. The number of hydrogen-bond donors (Lipinski definition) is 2. The van der Waals surface area contributed by atoms with Gasteiger partial charge in [-0.3, -0.25) is 0 Å². The number of likely N-dealkylation sites (tertiary alicyclic amines) is 1. The predicted molar refractivity (Wildman–Crippen MR) is 84.4 cm³/mol. The molecule has 2 N–H and O–H groups in total. The maximum absolute atomic E-state index is 12.3. The molecular weight excluding hydrogens is 288 g/mol. The molecule has 0 saturated carbocycles. The molecule has 0 aliphatic carbocycles. The van der Waals surface area contributed by atoms with Crippen molar-refractivity contribution in [3.05, 3.63) is 34.9 Å². The summed E-state index contributed by atoms with van der Waals surface area (Å²) in [6, 6.07) is 7.58. The summed E-state index contributed by atoms with van der Waals surface area (Å²) < 4.78 is 0. The van der Waals surface area contributed by atoms with Crippen molar-refractivity contribution in [1.82, 2.24) is 10.2 Å². The zero-order valence-electron chi connectivity index (χ0n) is 12.4. The van der Waals surface area contributed by atoms with E-state index in [-0.39, 0.29) is 18.7 Å². The van der Waals surface area contributed by atoms with E-state index in [1.165, 1.54) is 0 Å². The molecule has 116 valence electrons. The highest BCUT2D eigenvalue weighted by molar-refractivity contribution is 6.30. The Kier molecular flexibility index (Phi) is 5.88. The maximum atomic E-state index is 12.3. The molecule has 1 unspecified atom stereocenters. The highest BCUT2D eigenvalue weighted by atomic mass is 35.5. The number of aliphatic hydroxyl groups excluding tert-OH is 1. The Morgan fingerprint density at radius 2 is 2.00 bits per heavy atom. The largest absolute Gasteiger partial charge is 0.396 e. The van der Waals surface area contributed by atoms with Crippen LogP contribution in [0.2, 0.25) is 5.02 Å². The number of carbonyl (C=O) groups is 1. The molecule has 1 aromatic carbocycles. The molecule has 0 spiro atoms. The zero-order valence-corrected chi connectivity index (χ0v) is 13.1. The summed E-state index contributed by atoms with van der Waals surface area (Å²) in [6.45, 7) is 3.71. The van der Waals surface area contributed by atoms with E-state index in [1.54, 1.807) is 0 Å². The van der Waals surface area contributed by atoms with Crippen molar-refractivity contribution < 1.29 is 9.90 Å². The molecule has 1 saturated heterocycles. The van der Waals surface area contributed by atoms with Gasteiger partial charge in [0, 0.05) is 24.7 Å². The Morgan fingerprint density at radius 3 is 2.52 bits per heavy atom. The van der Waals surface area contributed by atoms with Crippen molar-refractivity contribution in [2.75, 3.05) is 19.7 Å². The van der Waals surface area contributed by atoms with Crippen LogP contribution in [0.25, 0.3) is 0 Å². The molecule has 1 aliphatic rings. The van der Waals surface area contributed by atoms with Crippen LogP contribution in [0, 0.1) is 5.92 Å². The van der Waals surface area contributed by atoms with E-state index in [9.17, 15) is 4.79 Å². The van der Waals surface area contributed by atoms with Gasteiger partial charge in [0.05, 0.1) is 6.04 Å². The fourth-order valence-electron chi connectivity index (χ4n) is 2.68. The smallest absolute Gasteiger partial charge is 0.317 e. The molecule has 0 bridgehead atoms. The van der Waals surface area contributed by atoms with Gasteiger partial charge in [0.2, 0.25) is 0 Å². The predicted octanol–water partition coefficient (Wildman–Crippen LogP) is 3.21. The molecule has 1 atom stereocenters. The molecule has 1 aromatic rings. The van der Waals surface area contributed by atoms with Crippen LogP contribution in [0.15, 0.2) is 24.3 Å². The van der Waals surface area contributed by atoms with Crippen LogP contribution in [0.1, 0.15) is 37.8 Å². The number of urea groups is 1. The lowest BCUT2D eigenvalue weighted by Crippen LogP contribution is -2.45. The first kappa shape index (κ1) is 16.1. The summed E-state index contributed by atoms with van der Waals surface area (Å²) in [6.07, 6.45) is 2.59. The van der Waals surface area contributed by atoms with E-state index in [2.05, 4.69) is 12.2 Å². The number of aliphatic hydroxyl groups is 1. The summed E-state index contributed by atoms with van der Waals surface area (Å²) in [4.78, 5) is 14.2. The van der Waals surface area contributed by atoms with Gasteiger partial charge in [-0.2, -0.15) is 0 Å². The van der Waals surface area contributed by atoms with Gasteiger partial charge < -0.3 is 15.3 Å². The highest BCUT2D eigenvalue weighted by Crippen LogP contribution is 2.21. The van der Waals surface area contributed by atoms with Gasteiger partial charge in [-0.05, 0) is 42.9 Å². The Hall–Kier alpha value is -1.26. The topological polar surface area (TPSA) is 52.6 Å². The monoisotopic (exact) mass is 310 g/mol. The van der Waals surface area contributed by atoms with E-state index >= 15 is 0 Å². The van der Waals surface area contributed by atoms with Crippen molar-refractivity contribution in [3.8, 4) is 0 Å². The zero-order chi connectivity index (χ0) is 15.2. The van der Waals surface area contributed by atoms with Gasteiger partial charge >= 0.3 is 6.03 Å². The molecule has 1 aliphatic heterocycles. The Labute approximate surface area is 131 Å². The standard InChI is InChI=1S/C16H23ClN2O2/c1-2-15(13-3-5-14(17)6-4-13)18-16(21)19-9-7-12(11-20)8-10-19/h3-6,12,15,20H,2,7-11H2,1H3,(H,18,21). The number of hydrogen-bond acceptors (Lipinski definition) is 2. The number of carbonyl (C=O) groups excluding carboxylic acids is 1. The minimum Gasteiger partial charge on any atom is -0.396 e. The average Bonchev–Trinajstić information content (AvgIpc) is 2.53. The molecule has 5 heteroatoms. The number of amides is 2. The second kappa shape index (κ2) is 7.66. The van der Waals surface area contributed by atoms with Crippen LogP contribution in [0.5, 0.6) is 0 Å².